The Bertz CT molecular complexity index is 723. The minimum absolute atomic E-state index is 0.947. The van der Waals surface area contributed by atoms with Crippen molar-refractivity contribution in [2.45, 2.75) is 20.8 Å². The molecule has 0 unspecified atom stereocenters. The number of benzene rings is 2. The van der Waals surface area contributed by atoms with E-state index in [-0.39, 0.29) is 0 Å². The number of aryl methyl sites for hydroxylation is 3. The normalized spacial score (nSPS) is 11.1. The molecule has 0 saturated carbocycles. The largest absolute Gasteiger partial charge is 0.338 e. The Morgan fingerprint density at radius 2 is 1.72 bits per heavy atom. The summed E-state index contributed by atoms with van der Waals surface area (Å²) in [5.41, 5.74) is 7.12. The molecule has 0 aliphatic heterocycles. The topological polar surface area (TPSA) is 28.7 Å². The van der Waals surface area contributed by atoms with Gasteiger partial charge < -0.3 is 4.98 Å². The number of rotatable bonds is 1. The number of aromatic nitrogens is 2. The van der Waals surface area contributed by atoms with Crippen molar-refractivity contribution in [1.82, 2.24) is 9.97 Å². The van der Waals surface area contributed by atoms with Crippen LogP contribution in [0.15, 0.2) is 36.4 Å². The van der Waals surface area contributed by atoms with E-state index >= 15 is 0 Å². The molecule has 0 saturated heterocycles. The molecule has 3 rings (SSSR count). The molecule has 18 heavy (non-hydrogen) atoms. The van der Waals surface area contributed by atoms with Crippen LogP contribution in [0.25, 0.3) is 22.4 Å². The highest BCUT2D eigenvalue weighted by Gasteiger charge is 2.07. The molecule has 1 heterocycles. The molecule has 0 radical (unpaired) electrons. The van der Waals surface area contributed by atoms with Crippen molar-refractivity contribution in [2.24, 2.45) is 0 Å². The van der Waals surface area contributed by atoms with E-state index in [0.29, 0.717) is 0 Å². The van der Waals surface area contributed by atoms with Crippen molar-refractivity contribution >= 4 is 11.0 Å². The van der Waals surface area contributed by atoms with Crippen LogP contribution < -0.4 is 0 Å². The predicted molar refractivity (Wildman–Crippen MR) is 75.7 cm³/mol. The number of aromatic amines is 1. The van der Waals surface area contributed by atoms with Crippen LogP contribution in [0.1, 0.15) is 16.7 Å². The Balaban J connectivity index is 2.19. The van der Waals surface area contributed by atoms with Gasteiger partial charge in [-0.15, -0.1) is 0 Å². The van der Waals surface area contributed by atoms with Gasteiger partial charge in [-0.05, 0) is 49.6 Å². The smallest absolute Gasteiger partial charge is 0.138 e. The molecule has 0 spiro atoms. The van der Waals surface area contributed by atoms with Crippen molar-refractivity contribution in [3.63, 3.8) is 0 Å². The number of hydrogen-bond donors (Lipinski definition) is 1. The number of nitrogens with one attached hydrogen (secondary N) is 1. The quantitative estimate of drug-likeness (QED) is 0.675. The molecule has 0 aliphatic carbocycles. The molecule has 2 aromatic carbocycles. The molecular formula is C16H16N2. The molecule has 0 aliphatic rings. The van der Waals surface area contributed by atoms with Crippen LogP contribution in [-0.4, -0.2) is 9.97 Å². The first-order valence-corrected chi connectivity index (χ1v) is 6.18. The molecule has 1 N–H and O–H groups in total. The van der Waals surface area contributed by atoms with Gasteiger partial charge in [0.05, 0.1) is 11.0 Å². The van der Waals surface area contributed by atoms with Crippen LogP contribution >= 0.6 is 0 Å². The minimum Gasteiger partial charge on any atom is -0.338 e. The summed E-state index contributed by atoms with van der Waals surface area (Å²) in [5, 5.41) is 0. The summed E-state index contributed by atoms with van der Waals surface area (Å²) in [4.78, 5) is 8.09. The second kappa shape index (κ2) is 3.98. The summed E-state index contributed by atoms with van der Waals surface area (Å²) >= 11 is 0. The van der Waals surface area contributed by atoms with Gasteiger partial charge in [-0.2, -0.15) is 0 Å². The molecule has 0 amide bonds. The number of nitrogens with zero attached hydrogens (tertiary/aromatic N) is 1. The Labute approximate surface area is 107 Å². The summed E-state index contributed by atoms with van der Waals surface area (Å²) in [7, 11) is 0. The summed E-state index contributed by atoms with van der Waals surface area (Å²) < 4.78 is 0. The van der Waals surface area contributed by atoms with Crippen LogP contribution in [0.4, 0.5) is 0 Å². The lowest BCUT2D eigenvalue weighted by molar-refractivity contribution is 1.29. The number of H-pyrrole nitrogens is 1. The fourth-order valence-corrected chi connectivity index (χ4v) is 2.20. The maximum absolute atomic E-state index is 4.70. The standard InChI is InChI=1S/C16H16N2/c1-10-7-8-13(9-12(10)3)16-17-14-6-4-5-11(2)15(14)18-16/h4-9H,1-3H3,(H,17,18). The van der Waals surface area contributed by atoms with Gasteiger partial charge in [-0.25, -0.2) is 4.98 Å². The Morgan fingerprint density at radius 1 is 0.889 bits per heavy atom. The fourth-order valence-electron chi connectivity index (χ4n) is 2.20. The second-order valence-corrected chi connectivity index (χ2v) is 4.86. The number of hydrogen-bond acceptors (Lipinski definition) is 1. The lowest BCUT2D eigenvalue weighted by Crippen LogP contribution is -1.85. The number of fused-ring (bicyclic) bond motifs is 1. The predicted octanol–water partition coefficient (Wildman–Crippen LogP) is 4.16. The van der Waals surface area contributed by atoms with Gasteiger partial charge in [0.1, 0.15) is 5.82 Å². The highest BCUT2D eigenvalue weighted by atomic mass is 14.9. The van der Waals surface area contributed by atoms with E-state index < -0.39 is 0 Å². The van der Waals surface area contributed by atoms with E-state index in [2.05, 4.69) is 62.2 Å². The van der Waals surface area contributed by atoms with Gasteiger partial charge >= 0.3 is 0 Å². The van der Waals surface area contributed by atoms with E-state index in [0.717, 1.165) is 22.4 Å². The van der Waals surface area contributed by atoms with Crippen LogP contribution in [0.3, 0.4) is 0 Å². The molecule has 0 fully saturated rings. The van der Waals surface area contributed by atoms with Crippen LogP contribution in [-0.2, 0) is 0 Å². The zero-order chi connectivity index (χ0) is 12.7. The zero-order valence-corrected chi connectivity index (χ0v) is 10.9. The minimum atomic E-state index is 0.947. The third kappa shape index (κ3) is 1.70. The summed E-state index contributed by atoms with van der Waals surface area (Å²) in [6, 6.07) is 12.7. The first-order chi connectivity index (χ1) is 8.65. The van der Waals surface area contributed by atoms with Gasteiger partial charge in [-0.1, -0.05) is 24.3 Å². The van der Waals surface area contributed by atoms with Crippen LogP contribution in [0.2, 0.25) is 0 Å². The van der Waals surface area contributed by atoms with Crippen molar-refractivity contribution in [1.29, 1.82) is 0 Å². The van der Waals surface area contributed by atoms with Crippen molar-refractivity contribution in [2.75, 3.05) is 0 Å². The van der Waals surface area contributed by atoms with Crippen LogP contribution in [0.5, 0.6) is 0 Å². The maximum atomic E-state index is 4.70. The first kappa shape index (κ1) is 11.0. The highest BCUT2D eigenvalue weighted by molar-refractivity contribution is 5.82. The summed E-state index contributed by atoms with van der Waals surface area (Å²) in [5.74, 6) is 0.947. The van der Waals surface area contributed by atoms with E-state index in [1.807, 2.05) is 0 Å². The average molecular weight is 236 g/mol. The zero-order valence-electron chi connectivity index (χ0n) is 10.9. The third-order valence-electron chi connectivity index (χ3n) is 3.49. The molecule has 0 bridgehead atoms. The Hall–Kier alpha value is -2.09. The van der Waals surface area contributed by atoms with Gasteiger partial charge in [0, 0.05) is 5.56 Å². The first-order valence-electron chi connectivity index (χ1n) is 6.18. The maximum Gasteiger partial charge on any atom is 0.138 e. The lowest BCUT2D eigenvalue weighted by atomic mass is 10.1. The van der Waals surface area contributed by atoms with Gasteiger partial charge in [0.2, 0.25) is 0 Å². The van der Waals surface area contributed by atoms with E-state index in [4.69, 9.17) is 4.98 Å². The third-order valence-corrected chi connectivity index (χ3v) is 3.49. The van der Waals surface area contributed by atoms with Crippen molar-refractivity contribution < 1.29 is 0 Å². The van der Waals surface area contributed by atoms with E-state index in [9.17, 15) is 0 Å². The van der Waals surface area contributed by atoms with Crippen LogP contribution in [0, 0.1) is 20.8 Å². The van der Waals surface area contributed by atoms with Gasteiger partial charge in [0.25, 0.3) is 0 Å². The summed E-state index contributed by atoms with van der Waals surface area (Å²) in [6.45, 7) is 6.35. The molecule has 2 nitrogen and oxygen atoms in total. The molecule has 3 aromatic rings. The number of para-hydroxylation sites is 1. The fraction of sp³-hybridized carbons (Fsp3) is 0.188. The lowest BCUT2D eigenvalue weighted by Gasteiger charge is -2.02. The highest BCUT2D eigenvalue weighted by Crippen LogP contribution is 2.24. The molecule has 1 aromatic heterocycles. The average Bonchev–Trinajstić information content (AvgIpc) is 2.78. The Kier molecular flexibility index (Phi) is 2.44. The number of imidazole rings is 1. The van der Waals surface area contributed by atoms with Gasteiger partial charge in [0.15, 0.2) is 0 Å². The van der Waals surface area contributed by atoms with Crippen molar-refractivity contribution in [3.8, 4) is 11.4 Å². The Morgan fingerprint density at radius 3 is 2.44 bits per heavy atom. The second-order valence-electron chi connectivity index (χ2n) is 4.86. The van der Waals surface area contributed by atoms with E-state index in [1.165, 1.54) is 16.7 Å². The summed E-state index contributed by atoms with van der Waals surface area (Å²) in [6.07, 6.45) is 0. The molecule has 90 valence electrons. The molecular weight excluding hydrogens is 220 g/mol. The monoisotopic (exact) mass is 236 g/mol. The molecule has 2 heteroatoms. The van der Waals surface area contributed by atoms with Crippen molar-refractivity contribution in [3.05, 3.63) is 53.1 Å². The van der Waals surface area contributed by atoms with Gasteiger partial charge in [-0.3, -0.25) is 0 Å². The van der Waals surface area contributed by atoms with E-state index in [1.54, 1.807) is 0 Å². The SMILES string of the molecule is Cc1ccc(-c2nc3c(C)cccc3[nH]2)cc1C. The molecule has 0 atom stereocenters.